The van der Waals surface area contributed by atoms with E-state index < -0.39 is 0 Å². The molecule has 7 heteroatoms. The highest BCUT2D eigenvalue weighted by atomic mass is 32.1. The molecule has 28 heavy (non-hydrogen) atoms. The van der Waals surface area contributed by atoms with Gasteiger partial charge < -0.3 is 4.52 Å². The average Bonchev–Trinajstić information content (AvgIpc) is 3.32. The van der Waals surface area contributed by atoms with Crippen LogP contribution >= 0.6 is 11.3 Å². The summed E-state index contributed by atoms with van der Waals surface area (Å²) >= 11 is 1.49. The van der Waals surface area contributed by atoms with Gasteiger partial charge in [-0.15, -0.1) is 0 Å². The van der Waals surface area contributed by atoms with Crippen molar-refractivity contribution in [2.24, 2.45) is 0 Å². The molecule has 4 rings (SSSR count). The second kappa shape index (κ2) is 7.52. The number of anilines is 1. The number of benzene rings is 1. The van der Waals surface area contributed by atoms with Gasteiger partial charge in [-0.25, -0.2) is 4.98 Å². The van der Waals surface area contributed by atoms with Crippen LogP contribution in [0, 0.1) is 6.92 Å². The number of fused-ring (bicyclic) bond motifs is 1. The van der Waals surface area contributed by atoms with Crippen molar-refractivity contribution in [2.75, 3.05) is 4.90 Å². The van der Waals surface area contributed by atoms with E-state index in [1.807, 2.05) is 30.3 Å². The predicted octanol–water partition coefficient (Wildman–Crippen LogP) is 4.96. The van der Waals surface area contributed by atoms with Gasteiger partial charge in [0.25, 0.3) is 5.91 Å². The van der Waals surface area contributed by atoms with E-state index >= 15 is 0 Å². The smallest absolute Gasteiger partial charge is 0.282 e. The summed E-state index contributed by atoms with van der Waals surface area (Å²) in [5, 5.41) is 4.52. The standard InChI is InChI=1S/C21H20N4O2S/c1-13(2)16-8-6-9-18-19(16)23-21(28-18)25(12-15-7-4-5-10-22-15)20(26)17-11-14(3)27-24-17/h4-11,13H,12H2,1-3H3. The van der Waals surface area contributed by atoms with E-state index in [0.29, 0.717) is 23.4 Å². The highest BCUT2D eigenvalue weighted by molar-refractivity contribution is 7.22. The van der Waals surface area contributed by atoms with E-state index in [0.717, 1.165) is 15.9 Å². The Morgan fingerprint density at radius 3 is 2.75 bits per heavy atom. The summed E-state index contributed by atoms with van der Waals surface area (Å²) in [7, 11) is 0. The summed E-state index contributed by atoms with van der Waals surface area (Å²) < 4.78 is 6.15. The minimum atomic E-state index is -0.257. The second-order valence-corrected chi connectivity index (χ2v) is 7.89. The summed E-state index contributed by atoms with van der Waals surface area (Å²) in [6, 6.07) is 13.4. The number of rotatable bonds is 5. The lowest BCUT2D eigenvalue weighted by molar-refractivity contribution is 0.0976. The number of hydrogen-bond donors (Lipinski definition) is 0. The quantitative estimate of drug-likeness (QED) is 0.480. The summed E-state index contributed by atoms with van der Waals surface area (Å²) in [6.07, 6.45) is 1.72. The van der Waals surface area contributed by atoms with Gasteiger partial charge in [0.15, 0.2) is 10.8 Å². The number of amides is 1. The maximum absolute atomic E-state index is 13.2. The first kappa shape index (κ1) is 18.3. The van der Waals surface area contributed by atoms with Gasteiger partial charge in [-0.05, 0) is 36.6 Å². The van der Waals surface area contributed by atoms with Gasteiger partial charge in [-0.2, -0.15) is 0 Å². The zero-order valence-electron chi connectivity index (χ0n) is 15.9. The Kier molecular flexibility index (Phi) is 4.92. The Morgan fingerprint density at radius 1 is 1.21 bits per heavy atom. The number of aromatic nitrogens is 3. The maximum Gasteiger partial charge on any atom is 0.282 e. The van der Waals surface area contributed by atoms with E-state index in [4.69, 9.17) is 9.51 Å². The number of thiazole rings is 1. The van der Waals surface area contributed by atoms with Crippen molar-refractivity contribution in [3.05, 3.63) is 71.4 Å². The van der Waals surface area contributed by atoms with Gasteiger partial charge in [0, 0.05) is 12.3 Å². The molecule has 6 nitrogen and oxygen atoms in total. The van der Waals surface area contributed by atoms with Crippen molar-refractivity contribution in [3.63, 3.8) is 0 Å². The van der Waals surface area contributed by atoms with Crippen LogP contribution in [0.4, 0.5) is 5.13 Å². The number of hydrogen-bond acceptors (Lipinski definition) is 6. The molecule has 0 radical (unpaired) electrons. The van der Waals surface area contributed by atoms with Crippen LogP contribution in [0.25, 0.3) is 10.2 Å². The van der Waals surface area contributed by atoms with Crippen molar-refractivity contribution in [3.8, 4) is 0 Å². The van der Waals surface area contributed by atoms with Gasteiger partial charge in [0.05, 0.1) is 22.5 Å². The molecule has 4 aromatic rings. The SMILES string of the molecule is Cc1cc(C(=O)N(Cc2ccccn2)c2nc3c(C(C)C)cccc3s2)no1. The van der Waals surface area contributed by atoms with Crippen molar-refractivity contribution in [1.82, 2.24) is 15.1 Å². The molecule has 0 atom stereocenters. The van der Waals surface area contributed by atoms with Gasteiger partial charge >= 0.3 is 0 Å². The number of carbonyl (C=O) groups excluding carboxylic acids is 1. The molecule has 3 aromatic heterocycles. The molecule has 0 aliphatic rings. The Morgan fingerprint density at radius 2 is 2.07 bits per heavy atom. The molecule has 3 heterocycles. The monoisotopic (exact) mass is 392 g/mol. The Balaban J connectivity index is 1.79. The number of pyridine rings is 1. The lowest BCUT2D eigenvalue weighted by Crippen LogP contribution is -2.31. The zero-order chi connectivity index (χ0) is 19.7. The Hall–Kier alpha value is -3.06. The number of para-hydroxylation sites is 1. The molecule has 0 unspecified atom stereocenters. The van der Waals surface area contributed by atoms with Crippen LogP contribution in [-0.2, 0) is 6.54 Å². The molecule has 0 fully saturated rings. The number of carbonyl (C=O) groups is 1. The molecule has 0 aliphatic carbocycles. The van der Waals surface area contributed by atoms with Crippen molar-refractivity contribution >= 4 is 32.6 Å². The number of nitrogens with zero attached hydrogens (tertiary/aromatic N) is 4. The summed E-state index contributed by atoms with van der Waals surface area (Å²) in [5.41, 5.74) is 3.14. The van der Waals surface area contributed by atoms with Crippen LogP contribution in [0.1, 0.15) is 47.3 Å². The predicted molar refractivity (Wildman–Crippen MR) is 110 cm³/mol. The molecule has 0 saturated heterocycles. The molecule has 0 spiro atoms. The van der Waals surface area contributed by atoms with Gasteiger partial charge in [-0.3, -0.25) is 14.7 Å². The summed E-state index contributed by atoms with van der Waals surface area (Å²) in [4.78, 5) is 24.0. The second-order valence-electron chi connectivity index (χ2n) is 6.88. The fourth-order valence-electron chi connectivity index (χ4n) is 3.02. The molecular formula is C21H20N4O2S. The molecule has 1 aromatic carbocycles. The highest BCUT2D eigenvalue weighted by Gasteiger charge is 2.25. The Bertz CT molecular complexity index is 1120. The van der Waals surface area contributed by atoms with E-state index in [2.05, 4.69) is 30.1 Å². The normalized spacial score (nSPS) is 11.3. The molecule has 142 valence electrons. The largest absolute Gasteiger partial charge is 0.361 e. The van der Waals surface area contributed by atoms with Crippen LogP contribution in [0.15, 0.2) is 53.2 Å². The van der Waals surface area contributed by atoms with E-state index in [9.17, 15) is 4.79 Å². The molecule has 0 N–H and O–H groups in total. The van der Waals surface area contributed by atoms with E-state index in [-0.39, 0.29) is 11.6 Å². The molecule has 1 amide bonds. The van der Waals surface area contributed by atoms with Crippen LogP contribution in [-0.4, -0.2) is 21.0 Å². The van der Waals surface area contributed by atoms with Gasteiger partial charge in [-0.1, -0.05) is 48.5 Å². The summed E-state index contributed by atoms with van der Waals surface area (Å²) in [6.45, 7) is 6.35. The molecule has 0 saturated carbocycles. The maximum atomic E-state index is 13.2. The topological polar surface area (TPSA) is 72.1 Å². The van der Waals surface area contributed by atoms with Crippen LogP contribution in [0.2, 0.25) is 0 Å². The first-order valence-electron chi connectivity index (χ1n) is 9.07. The lowest BCUT2D eigenvalue weighted by Gasteiger charge is -2.18. The van der Waals surface area contributed by atoms with Gasteiger partial charge in [0.1, 0.15) is 5.76 Å². The van der Waals surface area contributed by atoms with Crippen LogP contribution < -0.4 is 4.90 Å². The fraction of sp³-hybridized carbons (Fsp3) is 0.238. The minimum Gasteiger partial charge on any atom is -0.361 e. The third-order valence-corrected chi connectivity index (χ3v) is 5.47. The molecule has 0 bridgehead atoms. The van der Waals surface area contributed by atoms with E-state index in [1.54, 1.807) is 24.1 Å². The first-order chi connectivity index (χ1) is 13.5. The molecule has 0 aliphatic heterocycles. The Labute approximate surface area is 166 Å². The first-order valence-corrected chi connectivity index (χ1v) is 9.89. The zero-order valence-corrected chi connectivity index (χ0v) is 16.7. The van der Waals surface area contributed by atoms with Crippen molar-refractivity contribution in [1.29, 1.82) is 0 Å². The fourth-order valence-corrected chi connectivity index (χ4v) is 4.02. The van der Waals surface area contributed by atoms with Crippen molar-refractivity contribution in [2.45, 2.75) is 33.2 Å². The third-order valence-electron chi connectivity index (χ3n) is 4.43. The minimum absolute atomic E-state index is 0.257. The van der Waals surface area contributed by atoms with E-state index in [1.165, 1.54) is 16.9 Å². The number of aryl methyl sites for hydroxylation is 1. The lowest BCUT2D eigenvalue weighted by atomic mass is 10.0. The highest BCUT2D eigenvalue weighted by Crippen LogP contribution is 2.34. The van der Waals surface area contributed by atoms with Crippen LogP contribution in [0.5, 0.6) is 0 Å². The van der Waals surface area contributed by atoms with Crippen LogP contribution in [0.3, 0.4) is 0 Å². The summed E-state index contributed by atoms with van der Waals surface area (Å²) in [5.74, 6) is 0.678. The molecular weight excluding hydrogens is 372 g/mol. The van der Waals surface area contributed by atoms with Gasteiger partial charge in [0.2, 0.25) is 0 Å². The third kappa shape index (κ3) is 3.53. The average molecular weight is 392 g/mol. The van der Waals surface area contributed by atoms with Crippen molar-refractivity contribution < 1.29 is 9.32 Å².